The number of hydrogen-bond acceptors (Lipinski definition) is 3. The van der Waals surface area contributed by atoms with Gasteiger partial charge in [0.2, 0.25) is 0 Å². The molecule has 0 aromatic heterocycles. The minimum Gasteiger partial charge on any atom is -0.495 e. The van der Waals surface area contributed by atoms with Crippen molar-refractivity contribution in [2.45, 2.75) is 18.9 Å². The predicted molar refractivity (Wildman–Crippen MR) is 84.2 cm³/mol. The highest BCUT2D eigenvalue weighted by Gasteiger charge is 2.25. The second-order valence-corrected chi connectivity index (χ2v) is 5.36. The largest absolute Gasteiger partial charge is 0.495 e. The van der Waals surface area contributed by atoms with Gasteiger partial charge in [-0.2, -0.15) is 0 Å². The molecule has 0 aliphatic rings. The molecule has 2 rings (SSSR count). The molecule has 2 aromatic rings. The van der Waals surface area contributed by atoms with Crippen molar-refractivity contribution in [3.05, 3.63) is 59.9 Å². The molecule has 0 bridgehead atoms. The lowest BCUT2D eigenvalue weighted by atomic mass is 9.92. The summed E-state index contributed by atoms with van der Waals surface area (Å²) in [5, 5.41) is 3.38. The van der Waals surface area contributed by atoms with Crippen LogP contribution in [0.3, 0.4) is 0 Å². The highest BCUT2D eigenvalue weighted by Crippen LogP contribution is 2.28. The maximum absolute atomic E-state index is 13.8. The van der Waals surface area contributed by atoms with Gasteiger partial charge in [0.05, 0.1) is 18.3 Å². The van der Waals surface area contributed by atoms with Crippen molar-refractivity contribution in [2.24, 2.45) is 5.73 Å². The first-order valence-corrected chi connectivity index (χ1v) is 6.92. The third-order valence-corrected chi connectivity index (χ3v) is 3.53. The molecule has 0 saturated carbocycles. The second kappa shape index (κ2) is 6.59. The minimum absolute atomic E-state index is 0.209. The summed E-state index contributed by atoms with van der Waals surface area (Å²) in [7, 11) is 1.62. The van der Waals surface area contributed by atoms with Crippen molar-refractivity contribution < 1.29 is 9.13 Å². The van der Waals surface area contributed by atoms with E-state index in [0.29, 0.717) is 18.5 Å². The van der Waals surface area contributed by atoms with E-state index in [1.165, 1.54) is 6.07 Å². The van der Waals surface area contributed by atoms with Crippen molar-refractivity contribution in [2.75, 3.05) is 19.0 Å². The molecule has 1 atom stereocenters. The Morgan fingerprint density at radius 3 is 2.48 bits per heavy atom. The molecule has 0 spiro atoms. The summed E-state index contributed by atoms with van der Waals surface area (Å²) < 4.78 is 19.2. The molecule has 3 nitrogen and oxygen atoms in total. The quantitative estimate of drug-likeness (QED) is 0.858. The maximum atomic E-state index is 13.8. The Morgan fingerprint density at radius 2 is 1.81 bits per heavy atom. The van der Waals surface area contributed by atoms with Gasteiger partial charge in [-0.3, -0.25) is 0 Å². The smallest absolute Gasteiger partial charge is 0.141 e. The number of nitrogens with two attached hydrogens (primary N) is 1. The van der Waals surface area contributed by atoms with Crippen LogP contribution < -0.4 is 15.8 Å². The molecule has 2 aromatic carbocycles. The SMILES string of the molecule is COc1ccccc1NC(C)(CN)Cc1ccccc1F. The number of para-hydroxylation sites is 2. The number of benzene rings is 2. The molecule has 0 aliphatic carbocycles. The molecular weight excluding hydrogens is 267 g/mol. The van der Waals surface area contributed by atoms with Crippen LogP contribution in [-0.2, 0) is 6.42 Å². The van der Waals surface area contributed by atoms with E-state index in [1.807, 2.05) is 37.3 Å². The summed E-state index contributed by atoms with van der Waals surface area (Å²) in [4.78, 5) is 0. The topological polar surface area (TPSA) is 47.3 Å². The average molecular weight is 288 g/mol. The van der Waals surface area contributed by atoms with Crippen LogP contribution in [0.5, 0.6) is 5.75 Å². The Balaban J connectivity index is 2.23. The van der Waals surface area contributed by atoms with Gasteiger partial charge in [-0.1, -0.05) is 30.3 Å². The molecule has 0 radical (unpaired) electrons. The Morgan fingerprint density at radius 1 is 1.14 bits per heavy atom. The highest BCUT2D eigenvalue weighted by molar-refractivity contribution is 5.58. The van der Waals surface area contributed by atoms with Gasteiger partial charge in [0.1, 0.15) is 11.6 Å². The number of rotatable bonds is 6. The third kappa shape index (κ3) is 3.73. The normalized spacial score (nSPS) is 13.5. The predicted octanol–water partition coefficient (Wildman–Crippen LogP) is 3.21. The van der Waals surface area contributed by atoms with Crippen LogP contribution in [0.2, 0.25) is 0 Å². The fourth-order valence-electron chi connectivity index (χ4n) is 2.30. The van der Waals surface area contributed by atoms with E-state index in [2.05, 4.69) is 5.32 Å². The molecule has 0 fully saturated rings. The van der Waals surface area contributed by atoms with E-state index in [4.69, 9.17) is 10.5 Å². The van der Waals surface area contributed by atoms with Gasteiger partial charge < -0.3 is 15.8 Å². The van der Waals surface area contributed by atoms with Crippen LogP contribution in [0.4, 0.5) is 10.1 Å². The zero-order valence-electron chi connectivity index (χ0n) is 12.4. The molecule has 4 heteroatoms. The maximum Gasteiger partial charge on any atom is 0.141 e. The van der Waals surface area contributed by atoms with Gasteiger partial charge in [0.15, 0.2) is 0 Å². The molecule has 1 unspecified atom stereocenters. The summed E-state index contributed by atoms with van der Waals surface area (Å²) in [6, 6.07) is 14.4. The molecule has 112 valence electrons. The first-order chi connectivity index (χ1) is 10.1. The van der Waals surface area contributed by atoms with Gasteiger partial charge in [-0.25, -0.2) is 4.39 Å². The lowest BCUT2D eigenvalue weighted by Crippen LogP contribution is -2.44. The standard InChI is InChI=1S/C17H21FN2O/c1-17(12-19,11-13-7-3-4-8-14(13)18)20-15-9-5-6-10-16(15)21-2/h3-10,20H,11-12,19H2,1-2H3. The summed E-state index contributed by atoms with van der Waals surface area (Å²) in [6.07, 6.45) is 0.494. The summed E-state index contributed by atoms with van der Waals surface area (Å²) in [5.41, 5.74) is 6.95. The van der Waals surface area contributed by atoms with Crippen molar-refractivity contribution in [3.8, 4) is 5.75 Å². The third-order valence-electron chi connectivity index (χ3n) is 3.53. The Bertz CT molecular complexity index is 603. The monoisotopic (exact) mass is 288 g/mol. The van der Waals surface area contributed by atoms with Crippen molar-refractivity contribution in [3.63, 3.8) is 0 Å². The van der Waals surface area contributed by atoms with E-state index in [1.54, 1.807) is 19.2 Å². The zero-order chi connectivity index (χ0) is 15.3. The van der Waals surface area contributed by atoms with Gasteiger partial charge in [0, 0.05) is 6.54 Å². The fraction of sp³-hybridized carbons (Fsp3) is 0.294. The van der Waals surface area contributed by atoms with Crippen LogP contribution in [0.25, 0.3) is 0 Å². The molecule has 0 aliphatic heterocycles. The van der Waals surface area contributed by atoms with Crippen molar-refractivity contribution in [1.29, 1.82) is 0 Å². The second-order valence-electron chi connectivity index (χ2n) is 5.36. The number of nitrogens with one attached hydrogen (secondary N) is 1. The fourth-order valence-corrected chi connectivity index (χ4v) is 2.30. The Hall–Kier alpha value is -2.07. The molecule has 0 heterocycles. The van der Waals surface area contributed by atoms with Crippen LogP contribution in [0, 0.1) is 5.82 Å². The van der Waals surface area contributed by atoms with E-state index >= 15 is 0 Å². The van der Waals surface area contributed by atoms with E-state index in [-0.39, 0.29) is 5.82 Å². The molecule has 3 N–H and O–H groups in total. The molecule has 21 heavy (non-hydrogen) atoms. The van der Waals surface area contributed by atoms with E-state index in [9.17, 15) is 4.39 Å². The number of methoxy groups -OCH3 is 1. The van der Waals surface area contributed by atoms with Gasteiger partial charge >= 0.3 is 0 Å². The first-order valence-electron chi connectivity index (χ1n) is 6.92. The number of anilines is 1. The summed E-state index contributed by atoms with van der Waals surface area (Å²) in [5.74, 6) is 0.532. The summed E-state index contributed by atoms with van der Waals surface area (Å²) >= 11 is 0. The molecule has 0 saturated heterocycles. The van der Waals surface area contributed by atoms with Gasteiger partial charge in [-0.15, -0.1) is 0 Å². The minimum atomic E-state index is -0.461. The number of ether oxygens (including phenoxy) is 1. The summed E-state index contributed by atoms with van der Waals surface area (Å²) in [6.45, 7) is 2.35. The van der Waals surface area contributed by atoms with Crippen molar-refractivity contribution in [1.82, 2.24) is 0 Å². The number of hydrogen-bond donors (Lipinski definition) is 2. The Kier molecular flexibility index (Phi) is 4.81. The first kappa shape index (κ1) is 15.3. The van der Waals surface area contributed by atoms with E-state index < -0.39 is 5.54 Å². The lowest BCUT2D eigenvalue weighted by molar-refractivity contribution is 0.413. The average Bonchev–Trinajstić information content (AvgIpc) is 2.50. The van der Waals surface area contributed by atoms with Gasteiger partial charge in [-0.05, 0) is 37.1 Å². The van der Waals surface area contributed by atoms with Crippen LogP contribution in [-0.4, -0.2) is 19.2 Å². The van der Waals surface area contributed by atoms with Crippen molar-refractivity contribution >= 4 is 5.69 Å². The Labute approximate surface area is 124 Å². The highest BCUT2D eigenvalue weighted by atomic mass is 19.1. The van der Waals surface area contributed by atoms with Crippen LogP contribution in [0.1, 0.15) is 12.5 Å². The van der Waals surface area contributed by atoms with Crippen LogP contribution in [0.15, 0.2) is 48.5 Å². The molecular formula is C17H21FN2O. The number of halogens is 1. The van der Waals surface area contributed by atoms with Crippen LogP contribution >= 0.6 is 0 Å². The molecule has 0 amide bonds. The van der Waals surface area contributed by atoms with E-state index in [0.717, 1.165) is 11.4 Å². The zero-order valence-corrected chi connectivity index (χ0v) is 12.4. The lowest BCUT2D eigenvalue weighted by Gasteiger charge is -2.31. The van der Waals surface area contributed by atoms with Gasteiger partial charge in [0.25, 0.3) is 0 Å².